The fourth-order valence-corrected chi connectivity index (χ4v) is 2.54. The first-order valence-electron chi connectivity index (χ1n) is 7.78. The average molecular weight is 261 g/mol. The van der Waals surface area contributed by atoms with E-state index in [9.17, 15) is 0 Å². The van der Waals surface area contributed by atoms with Crippen molar-refractivity contribution in [1.29, 1.82) is 0 Å². The summed E-state index contributed by atoms with van der Waals surface area (Å²) < 4.78 is 0. The van der Waals surface area contributed by atoms with Crippen LogP contribution in [0.3, 0.4) is 0 Å². The molecule has 1 nitrogen and oxygen atoms in total. The molecule has 1 atom stereocenters. The molecule has 1 heteroatoms. The van der Waals surface area contributed by atoms with Gasteiger partial charge in [-0.05, 0) is 48.8 Å². The quantitative estimate of drug-likeness (QED) is 0.756. The molecule has 0 bridgehead atoms. The summed E-state index contributed by atoms with van der Waals surface area (Å²) >= 11 is 0. The summed E-state index contributed by atoms with van der Waals surface area (Å²) in [4.78, 5) is 0. The minimum absolute atomic E-state index is 0.349. The van der Waals surface area contributed by atoms with Gasteiger partial charge in [0.05, 0.1) is 0 Å². The van der Waals surface area contributed by atoms with E-state index in [0.717, 1.165) is 13.0 Å². The fourth-order valence-electron chi connectivity index (χ4n) is 2.54. The number of aryl methyl sites for hydroxylation is 2. The Kier molecular flexibility index (Phi) is 6.57. The summed E-state index contributed by atoms with van der Waals surface area (Å²) in [5, 5.41) is 3.63. The molecule has 0 saturated carbocycles. The van der Waals surface area contributed by atoms with Crippen molar-refractivity contribution in [2.45, 2.75) is 66.3 Å². The highest BCUT2D eigenvalue weighted by atomic mass is 14.9. The predicted molar refractivity (Wildman–Crippen MR) is 85.7 cm³/mol. The van der Waals surface area contributed by atoms with Gasteiger partial charge in [0, 0.05) is 6.04 Å². The van der Waals surface area contributed by atoms with Crippen LogP contribution in [0.2, 0.25) is 0 Å². The monoisotopic (exact) mass is 261 g/mol. The van der Waals surface area contributed by atoms with Crippen molar-refractivity contribution in [3.63, 3.8) is 0 Å². The smallest absolute Gasteiger partial charge is 0.0116 e. The van der Waals surface area contributed by atoms with Crippen molar-refractivity contribution >= 4 is 0 Å². The Morgan fingerprint density at radius 1 is 1.00 bits per heavy atom. The molecule has 0 saturated heterocycles. The molecule has 1 rings (SSSR count). The van der Waals surface area contributed by atoms with E-state index < -0.39 is 0 Å². The van der Waals surface area contributed by atoms with Crippen LogP contribution in [0.5, 0.6) is 0 Å². The van der Waals surface area contributed by atoms with E-state index in [-0.39, 0.29) is 0 Å². The van der Waals surface area contributed by atoms with E-state index in [4.69, 9.17) is 0 Å². The molecule has 0 radical (unpaired) electrons. The highest BCUT2D eigenvalue weighted by Gasteiger charge is 2.22. The van der Waals surface area contributed by atoms with Crippen LogP contribution in [0, 0.1) is 5.41 Å². The van der Waals surface area contributed by atoms with Crippen molar-refractivity contribution in [1.82, 2.24) is 5.32 Å². The lowest BCUT2D eigenvalue weighted by Gasteiger charge is -2.31. The van der Waals surface area contributed by atoms with Gasteiger partial charge in [-0.15, -0.1) is 0 Å². The summed E-state index contributed by atoms with van der Waals surface area (Å²) in [6, 6.07) is 9.73. The third-order valence-corrected chi connectivity index (χ3v) is 3.89. The maximum atomic E-state index is 3.63. The van der Waals surface area contributed by atoms with Crippen molar-refractivity contribution in [3.8, 4) is 0 Å². The molecule has 0 heterocycles. The Hall–Kier alpha value is -0.820. The van der Waals surface area contributed by atoms with Crippen molar-refractivity contribution < 1.29 is 0 Å². The SMILES string of the molecule is CCNC(CCCc1ccc(CC)cc1)C(C)(C)C. The molecule has 0 aliphatic rings. The molecule has 0 fully saturated rings. The van der Waals surface area contributed by atoms with Gasteiger partial charge in [0.15, 0.2) is 0 Å². The van der Waals surface area contributed by atoms with Gasteiger partial charge in [0.1, 0.15) is 0 Å². The molecule has 19 heavy (non-hydrogen) atoms. The third-order valence-electron chi connectivity index (χ3n) is 3.89. The van der Waals surface area contributed by atoms with Crippen molar-refractivity contribution in [3.05, 3.63) is 35.4 Å². The van der Waals surface area contributed by atoms with Crippen LogP contribution in [0.1, 0.15) is 58.6 Å². The van der Waals surface area contributed by atoms with Gasteiger partial charge in [-0.3, -0.25) is 0 Å². The van der Waals surface area contributed by atoms with E-state index in [1.165, 1.54) is 30.4 Å². The lowest BCUT2D eigenvalue weighted by molar-refractivity contribution is 0.254. The topological polar surface area (TPSA) is 12.0 Å². The van der Waals surface area contributed by atoms with Crippen LogP contribution in [0.15, 0.2) is 24.3 Å². The first kappa shape index (κ1) is 16.2. The summed E-state index contributed by atoms with van der Waals surface area (Å²) in [7, 11) is 0. The maximum Gasteiger partial charge on any atom is 0.0116 e. The zero-order valence-electron chi connectivity index (χ0n) is 13.4. The normalized spacial score (nSPS) is 13.5. The zero-order valence-corrected chi connectivity index (χ0v) is 13.4. The van der Waals surface area contributed by atoms with E-state index in [0.29, 0.717) is 11.5 Å². The van der Waals surface area contributed by atoms with Crippen LogP contribution >= 0.6 is 0 Å². The fraction of sp³-hybridized carbons (Fsp3) is 0.667. The molecule has 0 aliphatic heterocycles. The lowest BCUT2D eigenvalue weighted by Crippen LogP contribution is -2.40. The maximum absolute atomic E-state index is 3.63. The van der Waals surface area contributed by atoms with Crippen LogP contribution in [0.25, 0.3) is 0 Å². The van der Waals surface area contributed by atoms with Gasteiger partial charge < -0.3 is 5.32 Å². The lowest BCUT2D eigenvalue weighted by atomic mass is 9.83. The number of benzene rings is 1. The van der Waals surface area contributed by atoms with Crippen molar-refractivity contribution in [2.75, 3.05) is 6.54 Å². The Labute approximate surface area is 119 Å². The van der Waals surface area contributed by atoms with Crippen molar-refractivity contribution in [2.24, 2.45) is 5.41 Å². The second-order valence-electron chi connectivity index (χ2n) is 6.54. The minimum atomic E-state index is 0.349. The largest absolute Gasteiger partial charge is 0.314 e. The second kappa shape index (κ2) is 7.69. The molecular formula is C18H31N. The highest BCUT2D eigenvalue weighted by Crippen LogP contribution is 2.23. The number of nitrogens with one attached hydrogen (secondary N) is 1. The molecule has 108 valence electrons. The predicted octanol–water partition coefficient (Wildman–Crippen LogP) is 4.60. The summed E-state index contributed by atoms with van der Waals surface area (Å²) in [5.74, 6) is 0. The van der Waals surface area contributed by atoms with Crippen LogP contribution < -0.4 is 5.32 Å². The highest BCUT2D eigenvalue weighted by molar-refractivity contribution is 5.22. The summed E-state index contributed by atoms with van der Waals surface area (Å²) in [6.07, 6.45) is 4.85. The van der Waals surface area contributed by atoms with E-state index in [1.54, 1.807) is 0 Å². The van der Waals surface area contributed by atoms with E-state index >= 15 is 0 Å². The number of hydrogen-bond donors (Lipinski definition) is 1. The molecule has 1 N–H and O–H groups in total. The molecule has 1 aromatic carbocycles. The Balaban J connectivity index is 2.42. The zero-order chi connectivity index (χ0) is 14.3. The van der Waals surface area contributed by atoms with Crippen LogP contribution in [-0.4, -0.2) is 12.6 Å². The van der Waals surface area contributed by atoms with E-state index in [2.05, 4.69) is 64.2 Å². The van der Waals surface area contributed by atoms with Crippen LogP contribution in [0.4, 0.5) is 0 Å². The van der Waals surface area contributed by atoms with E-state index in [1.807, 2.05) is 0 Å². The molecular weight excluding hydrogens is 230 g/mol. The van der Waals surface area contributed by atoms with Gasteiger partial charge in [-0.2, -0.15) is 0 Å². The summed E-state index contributed by atoms with van der Waals surface area (Å²) in [5.41, 5.74) is 3.26. The molecule has 0 aliphatic carbocycles. The van der Waals surface area contributed by atoms with Gasteiger partial charge in [-0.1, -0.05) is 58.9 Å². The first-order chi connectivity index (χ1) is 8.97. The van der Waals surface area contributed by atoms with Crippen LogP contribution in [-0.2, 0) is 12.8 Å². The minimum Gasteiger partial charge on any atom is -0.314 e. The van der Waals surface area contributed by atoms with Gasteiger partial charge in [0.2, 0.25) is 0 Å². The molecule has 0 spiro atoms. The number of hydrogen-bond acceptors (Lipinski definition) is 1. The Morgan fingerprint density at radius 3 is 2.05 bits per heavy atom. The second-order valence-corrected chi connectivity index (χ2v) is 6.54. The third kappa shape index (κ3) is 5.78. The first-order valence-corrected chi connectivity index (χ1v) is 7.78. The molecule has 1 aromatic rings. The Bertz CT molecular complexity index is 345. The molecule has 0 aromatic heterocycles. The average Bonchev–Trinajstić information content (AvgIpc) is 2.37. The van der Waals surface area contributed by atoms with Gasteiger partial charge >= 0.3 is 0 Å². The van der Waals surface area contributed by atoms with Gasteiger partial charge in [-0.25, -0.2) is 0 Å². The number of rotatable bonds is 7. The summed E-state index contributed by atoms with van der Waals surface area (Å²) in [6.45, 7) is 12.5. The van der Waals surface area contributed by atoms with Gasteiger partial charge in [0.25, 0.3) is 0 Å². The standard InChI is InChI=1S/C18H31N/c1-6-15-11-13-16(14-12-15)9-8-10-17(19-7-2)18(3,4)5/h11-14,17,19H,6-10H2,1-5H3. The molecule has 0 amide bonds. The Morgan fingerprint density at radius 2 is 1.58 bits per heavy atom. The molecule has 1 unspecified atom stereocenters.